The number of aromatic amines is 1. The van der Waals surface area contributed by atoms with Crippen LogP contribution in [0.2, 0.25) is 0 Å². The van der Waals surface area contributed by atoms with Gasteiger partial charge < -0.3 is 10.5 Å². The van der Waals surface area contributed by atoms with Gasteiger partial charge >= 0.3 is 0 Å². The highest BCUT2D eigenvalue weighted by molar-refractivity contribution is 7.90. The lowest BCUT2D eigenvalue weighted by molar-refractivity contribution is 0.0996. The average Bonchev–Trinajstić information content (AvgIpc) is 3.20. The minimum atomic E-state index is -3.74. The van der Waals surface area contributed by atoms with Crippen LogP contribution in [0.15, 0.2) is 57.8 Å². The number of carbonyl (C=O) groups is 1. The molecule has 0 saturated carbocycles. The molecule has 1 aliphatic rings. The third-order valence-electron chi connectivity index (χ3n) is 3.72. The molecule has 0 unspecified atom stereocenters. The number of ether oxygens (including phenoxy) is 1. The van der Waals surface area contributed by atoms with E-state index in [1.165, 1.54) is 6.07 Å². The van der Waals surface area contributed by atoms with E-state index in [4.69, 9.17) is 10.5 Å². The number of amides is 1. The first-order valence-corrected chi connectivity index (χ1v) is 8.83. The smallest absolute Gasteiger partial charge is 0.286 e. The third kappa shape index (κ3) is 2.62. The van der Waals surface area contributed by atoms with Gasteiger partial charge in [-0.05, 0) is 36.4 Å². The van der Waals surface area contributed by atoms with E-state index >= 15 is 0 Å². The van der Waals surface area contributed by atoms with Crippen LogP contribution >= 0.6 is 0 Å². The van der Waals surface area contributed by atoms with Crippen molar-refractivity contribution in [2.75, 3.05) is 0 Å². The molecule has 0 atom stereocenters. The number of aromatic nitrogens is 3. The number of hydrogen-bond acceptors (Lipinski definition) is 6. The molecule has 0 aliphatic carbocycles. The summed E-state index contributed by atoms with van der Waals surface area (Å²) >= 11 is 0. The van der Waals surface area contributed by atoms with E-state index < -0.39 is 15.9 Å². The summed E-state index contributed by atoms with van der Waals surface area (Å²) in [6.07, 6.45) is 0. The number of rotatable bonds is 3. The second kappa shape index (κ2) is 5.77. The molecule has 0 spiro atoms. The highest BCUT2D eigenvalue weighted by Gasteiger charge is 2.30. The van der Waals surface area contributed by atoms with Crippen molar-refractivity contribution in [1.29, 1.82) is 0 Å². The van der Waals surface area contributed by atoms with Crippen molar-refractivity contribution < 1.29 is 17.9 Å². The lowest BCUT2D eigenvalue weighted by Crippen LogP contribution is -2.12. The van der Waals surface area contributed by atoms with Gasteiger partial charge in [0.15, 0.2) is 5.69 Å². The molecule has 1 amide bonds. The summed E-state index contributed by atoms with van der Waals surface area (Å²) in [5.41, 5.74) is 6.59. The number of primary amides is 1. The van der Waals surface area contributed by atoms with Gasteiger partial charge in [-0.15, -0.1) is 4.40 Å². The van der Waals surface area contributed by atoms with Gasteiger partial charge in [0.2, 0.25) is 5.90 Å². The van der Waals surface area contributed by atoms with E-state index in [1.54, 1.807) is 42.5 Å². The van der Waals surface area contributed by atoms with Gasteiger partial charge in [-0.1, -0.05) is 12.1 Å². The zero-order valence-corrected chi connectivity index (χ0v) is 13.9. The van der Waals surface area contributed by atoms with Crippen LogP contribution in [0.25, 0.3) is 11.3 Å². The van der Waals surface area contributed by atoms with Crippen LogP contribution in [0.5, 0.6) is 5.75 Å². The Bertz CT molecular complexity index is 1150. The van der Waals surface area contributed by atoms with Gasteiger partial charge in [0.1, 0.15) is 16.3 Å². The van der Waals surface area contributed by atoms with E-state index in [0.29, 0.717) is 22.6 Å². The van der Waals surface area contributed by atoms with Gasteiger partial charge in [-0.25, -0.2) is 0 Å². The Morgan fingerprint density at radius 1 is 1.04 bits per heavy atom. The van der Waals surface area contributed by atoms with Crippen LogP contribution in [0.3, 0.4) is 0 Å². The van der Waals surface area contributed by atoms with Crippen molar-refractivity contribution in [3.05, 3.63) is 59.8 Å². The molecule has 9 nitrogen and oxygen atoms in total. The number of nitrogens with two attached hydrogens (primary N) is 1. The van der Waals surface area contributed by atoms with E-state index in [1.807, 2.05) is 0 Å². The first-order chi connectivity index (χ1) is 12.5. The molecule has 0 bridgehead atoms. The van der Waals surface area contributed by atoms with E-state index in [0.717, 1.165) is 0 Å². The highest BCUT2D eigenvalue weighted by Crippen LogP contribution is 2.28. The number of sulfonamides is 1. The fraction of sp³-hybridized carbons (Fsp3) is 0. The predicted octanol–water partition coefficient (Wildman–Crippen LogP) is 1.10. The number of nitrogens with zero attached hydrogens (tertiary/aromatic N) is 3. The van der Waals surface area contributed by atoms with Crippen LogP contribution < -0.4 is 10.5 Å². The Morgan fingerprint density at radius 2 is 1.77 bits per heavy atom. The topological polar surface area (TPSA) is 140 Å². The average molecular weight is 369 g/mol. The summed E-state index contributed by atoms with van der Waals surface area (Å²) in [6, 6.07) is 12.9. The first-order valence-electron chi connectivity index (χ1n) is 7.39. The van der Waals surface area contributed by atoms with Gasteiger partial charge in [-0.3, -0.25) is 4.79 Å². The molecule has 1 aliphatic heterocycles. The Morgan fingerprint density at radius 3 is 2.50 bits per heavy atom. The Hall–Kier alpha value is -3.53. The van der Waals surface area contributed by atoms with Crippen LogP contribution in [-0.4, -0.2) is 35.6 Å². The molecule has 130 valence electrons. The number of hydrogen-bond donors (Lipinski definition) is 2. The van der Waals surface area contributed by atoms with Crippen LogP contribution in [-0.2, 0) is 10.0 Å². The van der Waals surface area contributed by atoms with Gasteiger partial charge in [0.05, 0.1) is 5.56 Å². The van der Waals surface area contributed by atoms with Gasteiger partial charge in [0, 0.05) is 5.56 Å². The third-order valence-corrected chi connectivity index (χ3v) is 5.04. The van der Waals surface area contributed by atoms with Crippen molar-refractivity contribution in [3.63, 3.8) is 0 Å². The van der Waals surface area contributed by atoms with Crippen LogP contribution in [0.1, 0.15) is 16.1 Å². The summed E-state index contributed by atoms with van der Waals surface area (Å²) in [6.45, 7) is 0. The maximum atomic E-state index is 12.0. The summed E-state index contributed by atoms with van der Waals surface area (Å²) in [5.74, 6) is -0.313. The van der Waals surface area contributed by atoms with E-state index in [2.05, 4.69) is 19.8 Å². The molecule has 26 heavy (non-hydrogen) atoms. The van der Waals surface area contributed by atoms with Crippen LogP contribution in [0, 0.1) is 0 Å². The molecule has 3 aromatic rings. The zero-order valence-electron chi connectivity index (χ0n) is 13.1. The molecule has 2 heterocycles. The van der Waals surface area contributed by atoms with Crippen molar-refractivity contribution in [2.45, 2.75) is 4.90 Å². The molecule has 4 rings (SSSR count). The van der Waals surface area contributed by atoms with Gasteiger partial charge in [0.25, 0.3) is 15.9 Å². The fourth-order valence-electron chi connectivity index (χ4n) is 2.55. The molecular formula is C16H11N5O4S. The SMILES string of the molecule is NC(=O)c1n[nH]nc1-c1ccc(OC2=NS(=O)(=O)c3ccccc32)cc1. The fourth-order valence-corrected chi connectivity index (χ4v) is 3.68. The predicted molar refractivity (Wildman–Crippen MR) is 91.1 cm³/mol. The minimum Gasteiger partial charge on any atom is -0.438 e. The summed E-state index contributed by atoms with van der Waals surface area (Å²) < 4.78 is 33.4. The number of fused-ring (bicyclic) bond motifs is 1. The molecule has 3 N–H and O–H groups in total. The maximum absolute atomic E-state index is 12.0. The van der Waals surface area contributed by atoms with Crippen molar-refractivity contribution in [1.82, 2.24) is 15.4 Å². The summed E-state index contributed by atoms with van der Waals surface area (Å²) in [5, 5.41) is 9.97. The number of carbonyl (C=O) groups excluding carboxylic acids is 1. The molecule has 1 aromatic heterocycles. The summed E-state index contributed by atoms with van der Waals surface area (Å²) in [4.78, 5) is 11.4. The van der Waals surface area contributed by atoms with E-state index in [9.17, 15) is 13.2 Å². The molecule has 2 aromatic carbocycles. The number of benzene rings is 2. The molecule has 0 fully saturated rings. The van der Waals surface area contributed by atoms with Crippen LogP contribution in [0.4, 0.5) is 0 Å². The Labute approximate surface area is 147 Å². The Balaban J connectivity index is 1.63. The lowest BCUT2D eigenvalue weighted by atomic mass is 10.1. The first kappa shape index (κ1) is 16.0. The molecule has 0 saturated heterocycles. The number of nitrogens with one attached hydrogen (secondary N) is 1. The molecule has 10 heteroatoms. The van der Waals surface area contributed by atoms with Crippen molar-refractivity contribution in [3.8, 4) is 17.0 Å². The summed E-state index contributed by atoms with van der Waals surface area (Å²) in [7, 11) is -3.74. The lowest BCUT2D eigenvalue weighted by Gasteiger charge is -2.06. The van der Waals surface area contributed by atoms with Crippen molar-refractivity contribution in [2.24, 2.45) is 10.1 Å². The zero-order chi connectivity index (χ0) is 18.3. The standard InChI is InChI=1S/C16H11N5O4S/c17-15(22)14-13(18-21-19-14)9-5-7-10(8-6-9)25-16-11-3-1-2-4-12(11)26(23,24)20-16/h1-8H,(H2,17,22)(H,18,19,21). The monoisotopic (exact) mass is 369 g/mol. The second-order valence-electron chi connectivity index (χ2n) is 5.38. The normalized spacial score (nSPS) is 14.5. The van der Waals surface area contributed by atoms with E-state index in [-0.39, 0.29) is 16.5 Å². The largest absolute Gasteiger partial charge is 0.438 e. The van der Waals surface area contributed by atoms with Crippen molar-refractivity contribution >= 4 is 21.8 Å². The maximum Gasteiger partial charge on any atom is 0.286 e. The number of H-pyrrole nitrogens is 1. The Kier molecular flexibility index (Phi) is 3.55. The molecular weight excluding hydrogens is 358 g/mol. The van der Waals surface area contributed by atoms with Gasteiger partial charge in [-0.2, -0.15) is 23.8 Å². The quantitative estimate of drug-likeness (QED) is 0.708. The molecule has 0 radical (unpaired) electrons. The highest BCUT2D eigenvalue weighted by atomic mass is 32.2. The second-order valence-corrected chi connectivity index (χ2v) is 6.95. The minimum absolute atomic E-state index is 0.00705.